The van der Waals surface area contributed by atoms with E-state index >= 15 is 0 Å². The molecule has 2 N–H and O–H groups in total. The minimum atomic E-state index is -0.387. The Balaban J connectivity index is 1.43. The normalized spacial score (nSPS) is 10.6. The molecule has 0 bridgehead atoms. The Hall–Kier alpha value is -3.91. The Kier molecular flexibility index (Phi) is 6.55. The summed E-state index contributed by atoms with van der Waals surface area (Å²) < 4.78 is 16.3. The standard InChI is InChI=1S/C25H23N3O4S/c1-4-15-5-12-21-20(13-15)27-24(32-21)16-6-8-17(9-7-16)26-25(33)28-23(29)19-11-10-18(30-2)14-22(19)31-3/h5-14H,4H2,1-3H3,(H2,26,28,29,33). The zero-order valence-electron chi connectivity index (χ0n) is 18.5. The Morgan fingerprint density at radius 2 is 1.82 bits per heavy atom. The van der Waals surface area contributed by atoms with Gasteiger partial charge in [-0.25, -0.2) is 4.98 Å². The lowest BCUT2D eigenvalue weighted by molar-refractivity contribution is 0.0974. The number of hydrogen-bond donors (Lipinski definition) is 2. The summed E-state index contributed by atoms with van der Waals surface area (Å²) in [4.78, 5) is 17.2. The lowest BCUT2D eigenvalue weighted by Crippen LogP contribution is -2.34. The minimum absolute atomic E-state index is 0.166. The third-order valence-electron chi connectivity index (χ3n) is 5.13. The molecule has 8 heteroatoms. The largest absolute Gasteiger partial charge is 0.497 e. The average Bonchev–Trinajstić information content (AvgIpc) is 3.27. The average molecular weight is 462 g/mol. The number of aryl methyl sites for hydroxylation is 1. The van der Waals surface area contributed by atoms with Gasteiger partial charge in [0.25, 0.3) is 5.91 Å². The number of aromatic nitrogens is 1. The quantitative estimate of drug-likeness (QED) is 0.382. The second kappa shape index (κ2) is 9.70. The summed E-state index contributed by atoms with van der Waals surface area (Å²) in [6.45, 7) is 2.11. The van der Waals surface area contributed by atoms with Gasteiger partial charge < -0.3 is 19.2 Å². The summed E-state index contributed by atoms with van der Waals surface area (Å²) in [5.41, 5.74) is 4.71. The van der Waals surface area contributed by atoms with Crippen molar-refractivity contribution in [2.24, 2.45) is 0 Å². The summed E-state index contributed by atoms with van der Waals surface area (Å²) in [6.07, 6.45) is 0.945. The van der Waals surface area contributed by atoms with Gasteiger partial charge in [0.2, 0.25) is 5.89 Å². The van der Waals surface area contributed by atoms with Crippen molar-refractivity contribution in [1.29, 1.82) is 0 Å². The maximum absolute atomic E-state index is 12.6. The van der Waals surface area contributed by atoms with E-state index in [1.807, 2.05) is 42.5 Å². The van der Waals surface area contributed by atoms with Gasteiger partial charge in [0.1, 0.15) is 17.0 Å². The SMILES string of the molecule is CCc1ccc2oc(-c3ccc(NC(=S)NC(=O)c4ccc(OC)cc4OC)cc3)nc2c1. The zero-order chi connectivity index (χ0) is 23.4. The summed E-state index contributed by atoms with van der Waals surface area (Å²) in [5, 5.41) is 5.83. The number of oxazole rings is 1. The van der Waals surface area contributed by atoms with E-state index in [1.165, 1.54) is 12.7 Å². The van der Waals surface area contributed by atoms with Gasteiger partial charge in [0.15, 0.2) is 10.7 Å². The van der Waals surface area contributed by atoms with E-state index in [4.69, 9.17) is 26.1 Å². The zero-order valence-corrected chi connectivity index (χ0v) is 19.3. The Bertz CT molecular complexity index is 1320. The molecule has 0 atom stereocenters. The second-order valence-corrected chi connectivity index (χ2v) is 7.63. The minimum Gasteiger partial charge on any atom is -0.497 e. The van der Waals surface area contributed by atoms with Crippen molar-refractivity contribution >= 4 is 40.0 Å². The van der Waals surface area contributed by atoms with Gasteiger partial charge in [-0.05, 0) is 72.7 Å². The molecule has 1 amide bonds. The Morgan fingerprint density at radius 3 is 2.52 bits per heavy atom. The molecule has 0 aliphatic heterocycles. The number of ether oxygens (including phenoxy) is 2. The highest BCUT2D eigenvalue weighted by molar-refractivity contribution is 7.80. The predicted molar refractivity (Wildman–Crippen MR) is 132 cm³/mol. The molecule has 168 valence electrons. The van der Waals surface area contributed by atoms with E-state index in [2.05, 4.69) is 22.5 Å². The summed E-state index contributed by atoms with van der Waals surface area (Å²) >= 11 is 5.29. The highest BCUT2D eigenvalue weighted by Gasteiger charge is 2.15. The van der Waals surface area contributed by atoms with Crippen LogP contribution in [0.25, 0.3) is 22.6 Å². The number of anilines is 1. The van der Waals surface area contributed by atoms with E-state index in [0.29, 0.717) is 23.0 Å². The number of carbonyl (C=O) groups excluding carboxylic acids is 1. The monoisotopic (exact) mass is 461 g/mol. The van der Waals surface area contributed by atoms with Crippen LogP contribution in [0.1, 0.15) is 22.8 Å². The summed E-state index contributed by atoms with van der Waals surface area (Å²) in [7, 11) is 3.04. The molecule has 0 unspecified atom stereocenters. The topological polar surface area (TPSA) is 85.6 Å². The van der Waals surface area contributed by atoms with Crippen LogP contribution in [-0.4, -0.2) is 30.2 Å². The number of rotatable bonds is 6. The molecule has 0 saturated carbocycles. The highest BCUT2D eigenvalue weighted by Crippen LogP contribution is 2.27. The van der Waals surface area contributed by atoms with Crippen molar-refractivity contribution in [1.82, 2.24) is 10.3 Å². The number of carbonyl (C=O) groups is 1. The molecular weight excluding hydrogens is 438 g/mol. The molecule has 0 saturated heterocycles. The number of hydrogen-bond acceptors (Lipinski definition) is 6. The number of nitrogens with one attached hydrogen (secondary N) is 2. The predicted octanol–water partition coefficient (Wildman–Crippen LogP) is 5.20. The van der Waals surface area contributed by atoms with Crippen molar-refractivity contribution in [3.63, 3.8) is 0 Å². The van der Waals surface area contributed by atoms with Crippen LogP contribution in [0.2, 0.25) is 0 Å². The van der Waals surface area contributed by atoms with Gasteiger partial charge in [0, 0.05) is 17.3 Å². The highest BCUT2D eigenvalue weighted by atomic mass is 32.1. The molecule has 3 aromatic carbocycles. The summed E-state index contributed by atoms with van der Waals surface area (Å²) in [6, 6.07) is 18.4. The second-order valence-electron chi connectivity index (χ2n) is 7.23. The van der Waals surface area contributed by atoms with Crippen molar-refractivity contribution in [2.45, 2.75) is 13.3 Å². The van der Waals surface area contributed by atoms with Gasteiger partial charge in [-0.3, -0.25) is 10.1 Å². The fraction of sp³-hybridized carbons (Fsp3) is 0.160. The van der Waals surface area contributed by atoms with Gasteiger partial charge in [0.05, 0.1) is 19.8 Å². The van der Waals surface area contributed by atoms with E-state index < -0.39 is 0 Å². The van der Waals surface area contributed by atoms with Crippen molar-refractivity contribution < 1.29 is 18.7 Å². The van der Waals surface area contributed by atoms with Crippen LogP contribution in [0.15, 0.2) is 65.1 Å². The number of methoxy groups -OCH3 is 2. The fourth-order valence-corrected chi connectivity index (χ4v) is 3.54. The van der Waals surface area contributed by atoms with Crippen molar-refractivity contribution in [3.8, 4) is 23.0 Å². The maximum Gasteiger partial charge on any atom is 0.261 e. The van der Waals surface area contributed by atoms with Crippen LogP contribution >= 0.6 is 12.2 Å². The molecule has 1 aromatic heterocycles. The molecule has 4 rings (SSSR count). The van der Waals surface area contributed by atoms with E-state index in [0.717, 1.165) is 28.8 Å². The van der Waals surface area contributed by atoms with Crippen LogP contribution in [0.4, 0.5) is 5.69 Å². The molecule has 1 heterocycles. The molecule has 4 aromatic rings. The fourth-order valence-electron chi connectivity index (χ4n) is 3.33. The van der Waals surface area contributed by atoms with Crippen LogP contribution in [-0.2, 0) is 6.42 Å². The number of nitrogens with zero attached hydrogens (tertiary/aromatic N) is 1. The molecule has 0 spiro atoms. The van der Waals surface area contributed by atoms with E-state index in [9.17, 15) is 4.79 Å². The van der Waals surface area contributed by atoms with E-state index in [1.54, 1.807) is 25.3 Å². The molecule has 33 heavy (non-hydrogen) atoms. The third kappa shape index (κ3) is 4.96. The molecular formula is C25H23N3O4S. The Labute approximate surface area is 196 Å². The maximum atomic E-state index is 12.6. The number of thiocarbonyl (C=S) groups is 1. The first kappa shape index (κ1) is 22.3. The molecule has 0 radical (unpaired) electrons. The first-order valence-electron chi connectivity index (χ1n) is 10.3. The van der Waals surface area contributed by atoms with Crippen LogP contribution in [0.3, 0.4) is 0 Å². The first-order valence-corrected chi connectivity index (χ1v) is 10.8. The van der Waals surface area contributed by atoms with Crippen molar-refractivity contribution in [3.05, 3.63) is 71.8 Å². The van der Waals surface area contributed by atoms with Crippen LogP contribution in [0, 0.1) is 0 Å². The molecule has 0 aliphatic rings. The number of amides is 1. The van der Waals surface area contributed by atoms with Crippen LogP contribution in [0.5, 0.6) is 11.5 Å². The molecule has 0 aliphatic carbocycles. The van der Waals surface area contributed by atoms with Crippen LogP contribution < -0.4 is 20.1 Å². The molecule has 0 fully saturated rings. The van der Waals surface area contributed by atoms with Gasteiger partial charge >= 0.3 is 0 Å². The first-order chi connectivity index (χ1) is 16.0. The number of fused-ring (bicyclic) bond motifs is 1. The summed E-state index contributed by atoms with van der Waals surface area (Å²) in [5.74, 6) is 1.14. The Morgan fingerprint density at radius 1 is 1.03 bits per heavy atom. The third-order valence-corrected chi connectivity index (χ3v) is 5.33. The van der Waals surface area contributed by atoms with Gasteiger partial charge in [-0.15, -0.1) is 0 Å². The lowest BCUT2D eigenvalue weighted by Gasteiger charge is -2.12. The van der Waals surface area contributed by atoms with Gasteiger partial charge in [-0.1, -0.05) is 13.0 Å². The number of benzene rings is 3. The lowest BCUT2D eigenvalue weighted by atomic mass is 10.1. The van der Waals surface area contributed by atoms with E-state index in [-0.39, 0.29) is 11.0 Å². The molecule has 7 nitrogen and oxygen atoms in total. The van der Waals surface area contributed by atoms with Gasteiger partial charge in [-0.2, -0.15) is 0 Å². The van der Waals surface area contributed by atoms with Crippen molar-refractivity contribution in [2.75, 3.05) is 19.5 Å². The smallest absolute Gasteiger partial charge is 0.261 e.